The fourth-order valence-corrected chi connectivity index (χ4v) is 7.50. The number of thiazole rings is 1. The van der Waals surface area contributed by atoms with Crippen LogP contribution in [0.1, 0.15) is 65.0 Å². The van der Waals surface area contributed by atoms with Crippen molar-refractivity contribution in [3.63, 3.8) is 0 Å². The van der Waals surface area contributed by atoms with E-state index in [2.05, 4.69) is 46.8 Å². The lowest BCUT2D eigenvalue weighted by Gasteiger charge is -2.37. The summed E-state index contributed by atoms with van der Waals surface area (Å²) in [5.74, 6) is 0.198. The number of nitrogens with zero attached hydrogens (tertiary/aromatic N) is 2. The van der Waals surface area contributed by atoms with Gasteiger partial charge in [-0.1, -0.05) is 36.4 Å². The second kappa shape index (κ2) is 12.9. The van der Waals surface area contributed by atoms with E-state index in [0.29, 0.717) is 41.7 Å². The number of amides is 1. The molecule has 43 heavy (non-hydrogen) atoms. The number of ether oxygens (including phenoxy) is 1. The van der Waals surface area contributed by atoms with Gasteiger partial charge in [0.1, 0.15) is 29.0 Å². The summed E-state index contributed by atoms with van der Waals surface area (Å²) in [4.78, 5) is 18.2. The maximum Gasteiger partial charge on any atom is 0.271 e. The van der Waals surface area contributed by atoms with Crippen molar-refractivity contribution in [3.8, 4) is 5.75 Å². The van der Waals surface area contributed by atoms with Crippen LogP contribution in [0.2, 0.25) is 0 Å². The Morgan fingerprint density at radius 3 is 2.72 bits per heavy atom. The monoisotopic (exact) mass is 617 g/mol. The van der Waals surface area contributed by atoms with Crippen LogP contribution in [0.4, 0.5) is 11.4 Å². The normalized spacial score (nSPS) is 16.1. The lowest BCUT2D eigenvalue weighted by molar-refractivity contribution is 0.0901. The number of anilines is 2. The number of nitrogens with one attached hydrogen (secondary N) is 2. The number of aryl methyl sites for hydroxylation is 1. The molecule has 0 saturated carbocycles. The third-order valence-electron chi connectivity index (χ3n) is 7.98. The summed E-state index contributed by atoms with van der Waals surface area (Å²) in [6, 6.07) is 18.0. The molecular formula is C33H39N5O3S2. The maximum atomic E-state index is 13.6. The van der Waals surface area contributed by atoms with Gasteiger partial charge >= 0.3 is 0 Å². The fourth-order valence-electron chi connectivity index (χ4n) is 5.70. The van der Waals surface area contributed by atoms with E-state index in [9.17, 15) is 9.00 Å². The minimum Gasteiger partial charge on any atom is -0.491 e. The number of fused-ring (bicyclic) bond motifs is 1. The molecule has 10 heteroatoms. The summed E-state index contributed by atoms with van der Waals surface area (Å²) >= 11 is 1.39. The second-order valence-electron chi connectivity index (χ2n) is 11.3. The molecule has 0 saturated heterocycles. The Hall–Kier alpha value is -3.73. The van der Waals surface area contributed by atoms with Gasteiger partial charge in [-0.05, 0) is 80.6 Å². The number of carbonyl (C=O) groups excluding carboxylic acids is 1. The van der Waals surface area contributed by atoms with E-state index < -0.39 is 16.5 Å². The van der Waals surface area contributed by atoms with Crippen LogP contribution in [0.15, 0.2) is 70.4 Å². The van der Waals surface area contributed by atoms with E-state index in [1.54, 1.807) is 10.9 Å². The number of aromatic nitrogens is 1. The van der Waals surface area contributed by atoms with Crippen LogP contribution in [0.25, 0.3) is 0 Å². The first-order chi connectivity index (χ1) is 20.6. The van der Waals surface area contributed by atoms with Gasteiger partial charge in [0.05, 0.1) is 21.8 Å². The highest BCUT2D eigenvalue weighted by Gasteiger charge is 2.36. The summed E-state index contributed by atoms with van der Waals surface area (Å²) in [6.45, 7) is 12.5. The Labute approximate surface area is 260 Å². The molecule has 0 bridgehead atoms. The third kappa shape index (κ3) is 6.46. The molecule has 1 aliphatic rings. The van der Waals surface area contributed by atoms with Gasteiger partial charge in [0.2, 0.25) is 0 Å². The topological polar surface area (TPSA) is 110 Å². The molecule has 2 unspecified atom stereocenters. The summed E-state index contributed by atoms with van der Waals surface area (Å²) in [7, 11) is -1.36. The van der Waals surface area contributed by atoms with Crippen molar-refractivity contribution in [2.24, 2.45) is 0 Å². The van der Waals surface area contributed by atoms with E-state index in [4.69, 9.17) is 10.5 Å². The SMILES string of the molecule is CCNc1ccc(C(c2ccc(C)c(CN3CCOc4ccccc4S3=O)c2)C(C)(C)NC(=O)c2cscn2)c(C)c1N. The van der Waals surface area contributed by atoms with E-state index >= 15 is 0 Å². The smallest absolute Gasteiger partial charge is 0.271 e. The number of hydrogen-bond donors (Lipinski definition) is 3. The molecule has 0 spiro atoms. The molecule has 1 aliphatic heterocycles. The van der Waals surface area contributed by atoms with Crippen LogP contribution in [0.3, 0.4) is 0 Å². The molecule has 8 nitrogen and oxygen atoms in total. The molecule has 2 heterocycles. The summed E-state index contributed by atoms with van der Waals surface area (Å²) < 4.78 is 21.5. The van der Waals surface area contributed by atoms with Crippen LogP contribution in [0, 0.1) is 13.8 Å². The lowest BCUT2D eigenvalue weighted by atomic mass is 9.74. The number of nitrogens with two attached hydrogens (primary N) is 1. The van der Waals surface area contributed by atoms with Crippen molar-refractivity contribution in [1.82, 2.24) is 14.6 Å². The Morgan fingerprint density at radius 1 is 1.19 bits per heavy atom. The fraction of sp³-hybridized carbons (Fsp3) is 0.333. The summed E-state index contributed by atoms with van der Waals surface area (Å²) in [6.07, 6.45) is 0. The summed E-state index contributed by atoms with van der Waals surface area (Å²) in [5, 5.41) is 8.35. The van der Waals surface area contributed by atoms with Gasteiger partial charge in [-0.2, -0.15) is 0 Å². The van der Waals surface area contributed by atoms with Gasteiger partial charge in [0.25, 0.3) is 5.91 Å². The molecule has 0 radical (unpaired) electrons. The molecule has 1 aromatic heterocycles. The third-order valence-corrected chi connectivity index (χ3v) is 10.1. The van der Waals surface area contributed by atoms with E-state index in [1.807, 2.05) is 62.3 Å². The van der Waals surface area contributed by atoms with Gasteiger partial charge < -0.3 is 21.1 Å². The minimum atomic E-state index is -1.36. The second-order valence-corrected chi connectivity index (χ2v) is 13.5. The van der Waals surface area contributed by atoms with Crippen LogP contribution in [-0.2, 0) is 17.5 Å². The van der Waals surface area contributed by atoms with Crippen molar-refractivity contribution in [2.75, 3.05) is 30.7 Å². The van der Waals surface area contributed by atoms with E-state index in [-0.39, 0.29) is 11.8 Å². The first kappa shape index (κ1) is 30.7. The molecule has 1 amide bonds. The Balaban J connectivity index is 1.56. The van der Waals surface area contributed by atoms with Crippen molar-refractivity contribution in [1.29, 1.82) is 0 Å². The predicted octanol–water partition coefficient (Wildman–Crippen LogP) is 6.03. The minimum absolute atomic E-state index is 0.225. The number of rotatable bonds is 9. The van der Waals surface area contributed by atoms with Crippen molar-refractivity contribution in [2.45, 2.75) is 57.5 Å². The van der Waals surface area contributed by atoms with Crippen molar-refractivity contribution in [3.05, 3.63) is 99.0 Å². The van der Waals surface area contributed by atoms with Crippen molar-refractivity contribution < 1.29 is 13.7 Å². The van der Waals surface area contributed by atoms with Gasteiger partial charge in [-0.25, -0.2) is 13.5 Å². The van der Waals surface area contributed by atoms with E-state index in [1.165, 1.54) is 11.3 Å². The molecule has 5 rings (SSSR count). The van der Waals surface area contributed by atoms with Gasteiger partial charge in [-0.15, -0.1) is 11.3 Å². The molecule has 0 aliphatic carbocycles. The molecule has 0 fully saturated rings. The largest absolute Gasteiger partial charge is 0.491 e. The standard InChI is InChI=1S/C33H39N5O3S2/c1-6-35-26-14-13-25(22(3)31(26)34)30(33(4,5)37-32(39)27-19-42-20-36-27)23-12-11-21(2)24(17-23)18-38-15-16-41-28-9-7-8-10-29(28)43(38)40/h7-14,17,19-20,30,35H,6,15-16,18,34H2,1-5H3,(H,37,39). The van der Waals surface area contributed by atoms with Crippen LogP contribution < -0.4 is 21.1 Å². The number of carbonyl (C=O) groups is 1. The highest BCUT2D eigenvalue weighted by atomic mass is 32.2. The molecule has 3 aromatic carbocycles. The molecule has 4 N–H and O–H groups in total. The molecule has 2 atom stereocenters. The van der Waals surface area contributed by atoms with Gasteiger partial charge in [0.15, 0.2) is 0 Å². The lowest BCUT2D eigenvalue weighted by Crippen LogP contribution is -2.48. The zero-order valence-electron chi connectivity index (χ0n) is 25.3. The first-order valence-electron chi connectivity index (χ1n) is 14.4. The average Bonchev–Trinajstić information content (AvgIpc) is 3.48. The number of para-hydroxylation sites is 1. The van der Waals surface area contributed by atoms with Gasteiger partial charge in [0, 0.05) is 36.5 Å². The van der Waals surface area contributed by atoms with Crippen LogP contribution in [-0.4, -0.2) is 44.6 Å². The Kier molecular flexibility index (Phi) is 9.19. The molecular weight excluding hydrogens is 579 g/mol. The highest BCUT2D eigenvalue weighted by Crippen LogP contribution is 2.41. The zero-order chi connectivity index (χ0) is 30.7. The number of hydrogen-bond acceptors (Lipinski definition) is 7. The number of benzene rings is 3. The Morgan fingerprint density at radius 2 is 1.98 bits per heavy atom. The first-order valence-corrected chi connectivity index (χ1v) is 16.5. The van der Waals surface area contributed by atoms with E-state index in [0.717, 1.165) is 40.0 Å². The predicted molar refractivity (Wildman–Crippen MR) is 175 cm³/mol. The molecule has 4 aromatic rings. The Bertz CT molecular complexity index is 1640. The number of nitrogen functional groups attached to an aromatic ring is 1. The van der Waals surface area contributed by atoms with Crippen molar-refractivity contribution >= 4 is 39.6 Å². The van der Waals surface area contributed by atoms with Gasteiger partial charge in [-0.3, -0.25) is 4.79 Å². The quantitative estimate of drug-likeness (QED) is 0.198. The maximum absolute atomic E-state index is 13.6. The van der Waals surface area contributed by atoms with Crippen LogP contribution in [0.5, 0.6) is 5.75 Å². The van der Waals surface area contributed by atoms with Crippen LogP contribution >= 0.6 is 11.3 Å². The zero-order valence-corrected chi connectivity index (χ0v) is 26.9. The molecule has 226 valence electrons. The average molecular weight is 618 g/mol. The highest BCUT2D eigenvalue weighted by molar-refractivity contribution is 7.82. The summed E-state index contributed by atoms with van der Waals surface area (Å²) in [5.41, 5.74) is 14.7.